The highest BCUT2D eigenvalue weighted by atomic mass is 16.5. The molecule has 0 amide bonds. The van der Waals surface area contributed by atoms with E-state index in [-0.39, 0.29) is 12.1 Å². The van der Waals surface area contributed by atoms with Gasteiger partial charge in [0.1, 0.15) is 11.9 Å². The van der Waals surface area contributed by atoms with Crippen LogP contribution in [0.1, 0.15) is 29.7 Å². The molecule has 1 N–H and O–H groups in total. The van der Waals surface area contributed by atoms with Crippen LogP contribution in [0.5, 0.6) is 5.75 Å². The number of hydrogen-bond donors (Lipinski definition) is 1. The van der Waals surface area contributed by atoms with Crippen molar-refractivity contribution in [3.63, 3.8) is 0 Å². The summed E-state index contributed by atoms with van der Waals surface area (Å²) >= 11 is 0. The molecule has 3 aromatic carbocycles. The monoisotopic (exact) mass is 301 g/mol. The van der Waals surface area contributed by atoms with Crippen molar-refractivity contribution in [3.05, 3.63) is 96.1 Å². The number of nitrogens with one attached hydrogen (secondary N) is 1. The normalized spacial score (nSPS) is 19.5. The maximum absolute atomic E-state index is 6.25. The van der Waals surface area contributed by atoms with Crippen LogP contribution in [0.2, 0.25) is 0 Å². The molecule has 1 aliphatic rings. The standard InChI is InChI=1S/C21H19NO/c1-3-9-16(10-4-1)21-15-19(22-17-11-5-2-6-12-17)18-13-7-8-14-20(18)23-21/h1-14,19,21-22H,15H2/t19-,21+/m0/s1. The highest BCUT2D eigenvalue weighted by Gasteiger charge is 2.28. The van der Waals surface area contributed by atoms with Crippen LogP contribution >= 0.6 is 0 Å². The quantitative estimate of drug-likeness (QED) is 0.703. The van der Waals surface area contributed by atoms with Gasteiger partial charge in [-0.15, -0.1) is 0 Å². The average molecular weight is 301 g/mol. The predicted octanol–water partition coefficient (Wildman–Crippen LogP) is 5.36. The highest BCUT2D eigenvalue weighted by molar-refractivity contribution is 5.49. The highest BCUT2D eigenvalue weighted by Crippen LogP contribution is 2.42. The fourth-order valence-corrected chi connectivity index (χ4v) is 3.16. The van der Waals surface area contributed by atoms with Crippen molar-refractivity contribution in [1.82, 2.24) is 0 Å². The maximum atomic E-state index is 6.25. The van der Waals surface area contributed by atoms with Crippen LogP contribution in [0.4, 0.5) is 5.69 Å². The molecule has 2 heteroatoms. The van der Waals surface area contributed by atoms with Gasteiger partial charge in [-0.2, -0.15) is 0 Å². The largest absolute Gasteiger partial charge is 0.485 e. The molecule has 4 rings (SSSR count). The molecule has 0 aromatic heterocycles. The fourth-order valence-electron chi connectivity index (χ4n) is 3.16. The first-order chi connectivity index (χ1) is 11.4. The van der Waals surface area contributed by atoms with E-state index in [0.717, 1.165) is 17.9 Å². The van der Waals surface area contributed by atoms with Crippen LogP contribution < -0.4 is 10.1 Å². The Labute approximate surface area is 136 Å². The Morgan fingerprint density at radius 3 is 2.17 bits per heavy atom. The number of para-hydroxylation sites is 2. The van der Waals surface area contributed by atoms with Crippen molar-refractivity contribution < 1.29 is 4.74 Å². The molecule has 0 unspecified atom stereocenters. The molecule has 0 radical (unpaired) electrons. The fraction of sp³-hybridized carbons (Fsp3) is 0.143. The molecule has 23 heavy (non-hydrogen) atoms. The van der Waals surface area contributed by atoms with Gasteiger partial charge in [-0.05, 0) is 23.8 Å². The Hall–Kier alpha value is -2.74. The van der Waals surface area contributed by atoms with Crippen molar-refractivity contribution in [2.24, 2.45) is 0 Å². The van der Waals surface area contributed by atoms with Gasteiger partial charge in [0.2, 0.25) is 0 Å². The molecular weight excluding hydrogens is 282 g/mol. The molecule has 0 saturated carbocycles. The second kappa shape index (κ2) is 6.17. The van der Waals surface area contributed by atoms with Gasteiger partial charge in [-0.1, -0.05) is 66.7 Å². The molecule has 2 nitrogen and oxygen atoms in total. The molecule has 2 atom stereocenters. The Balaban J connectivity index is 1.67. The minimum Gasteiger partial charge on any atom is -0.485 e. The molecule has 1 aliphatic heterocycles. The van der Waals surface area contributed by atoms with E-state index in [1.165, 1.54) is 11.1 Å². The van der Waals surface area contributed by atoms with Crippen LogP contribution in [0.15, 0.2) is 84.9 Å². The summed E-state index contributed by atoms with van der Waals surface area (Å²) in [7, 11) is 0. The third-order valence-electron chi connectivity index (χ3n) is 4.30. The molecule has 0 saturated heterocycles. The van der Waals surface area contributed by atoms with Gasteiger partial charge in [0, 0.05) is 17.7 Å². The SMILES string of the molecule is c1ccc(N[C@H]2C[C@H](c3ccccc3)Oc3ccccc32)cc1. The van der Waals surface area contributed by atoms with E-state index in [1.807, 2.05) is 18.2 Å². The second-order valence-electron chi connectivity index (χ2n) is 5.85. The van der Waals surface area contributed by atoms with Gasteiger partial charge in [0.05, 0.1) is 6.04 Å². The predicted molar refractivity (Wildman–Crippen MR) is 93.7 cm³/mol. The summed E-state index contributed by atoms with van der Waals surface area (Å²) in [5.74, 6) is 0.973. The third-order valence-corrected chi connectivity index (χ3v) is 4.30. The van der Waals surface area contributed by atoms with Crippen molar-refractivity contribution in [2.45, 2.75) is 18.6 Å². The number of anilines is 1. The molecule has 114 valence electrons. The molecular formula is C21H19NO. The molecule has 0 bridgehead atoms. The first-order valence-electron chi connectivity index (χ1n) is 8.02. The number of hydrogen-bond acceptors (Lipinski definition) is 2. The van der Waals surface area contributed by atoms with Gasteiger partial charge in [-0.25, -0.2) is 0 Å². The van der Waals surface area contributed by atoms with Crippen LogP contribution in [-0.2, 0) is 0 Å². The summed E-state index contributed by atoms with van der Waals surface area (Å²) in [4.78, 5) is 0. The molecule has 0 aliphatic carbocycles. The Morgan fingerprint density at radius 1 is 0.739 bits per heavy atom. The van der Waals surface area contributed by atoms with E-state index < -0.39 is 0 Å². The first kappa shape index (κ1) is 13.9. The lowest BCUT2D eigenvalue weighted by molar-refractivity contribution is 0.165. The Morgan fingerprint density at radius 2 is 1.39 bits per heavy atom. The number of benzene rings is 3. The summed E-state index contributed by atoms with van der Waals surface area (Å²) in [6, 6.07) is 29.4. The summed E-state index contributed by atoms with van der Waals surface area (Å²) < 4.78 is 6.25. The molecule has 3 aromatic rings. The molecule has 0 spiro atoms. The first-order valence-corrected chi connectivity index (χ1v) is 8.02. The lowest BCUT2D eigenvalue weighted by atomic mass is 9.92. The van der Waals surface area contributed by atoms with Gasteiger partial charge in [0.25, 0.3) is 0 Å². The maximum Gasteiger partial charge on any atom is 0.126 e. The average Bonchev–Trinajstić information content (AvgIpc) is 2.63. The summed E-state index contributed by atoms with van der Waals surface area (Å²) in [6.45, 7) is 0. The Bertz CT molecular complexity index is 770. The zero-order valence-corrected chi connectivity index (χ0v) is 12.9. The van der Waals surface area contributed by atoms with E-state index in [2.05, 4.69) is 72.0 Å². The lowest BCUT2D eigenvalue weighted by Gasteiger charge is -2.33. The summed E-state index contributed by atoms with van der Waals surface area (Å²) in [6.07, 6.45) is 0.989. The minimum absolute atomic E-state index is 0.0762. The Kier molecular flexibility index (Phi) is 3.73. The van der Waals surface area contributed by atoms with E-state index in [9.17, 15) is 0 Å². The van der Waals surface area contributed by atoms with E-state index in [1.54, 1.807) is 0 Å². The van der Waals surface area contributed by atoms with Gasteiger partial charge < -0.3 is 10.1 Å². The molecule has 0 fully saturated rings. The lowest BCUT2D eigenvalue weighted by Crippen LogP contribution is -2.23. The number of ether oxygens (including phenoxy) is 1. The van der Waals surface area contributed by atoms with Gasteiger partial charge in [0.15, 0.2) is 0 Å². The van der Waals surface area contributed by atoms with Gasteiger partial charge >= 0.3 is 0 Å². The zero-order valence-electron chi connectivity index (χ0n) is 12.9. The number of rotatable bonds is 3. The van der Waals surface area contributed by atoms with Crippen LogP contribution in [0, 0.1) is 0 Å². The van der Waals surface area contributed by atoms with Crippen molar-refractivity contribution in [2.75, 3.05) is 5.32 Å². The van der Waals surface area contributed by atoms with E-state index in [0.29, 0.717) is 0 Å². The minimum atomic E-state index is 0.0762. The molecule has 1 heterocycles. The summed E-state index contributed by atoms with van der Waals surface area (Å²) in [5.41, 5.74) is 3.59. The van der Waals surface area contributed by atoms with Crippen LogP contribution in [0.25, 0.3) is 0 Å². The smallest absolute Gasteiger partial charge is 0.126 e. The summed E-state index contributed by atoms with van der Waals surface area (Å²) in [5, 5.41) is 3.66. The zero-order chi connectivity index (χ0) is 15.5. The van der Waals surface area contributed by atoms with E-state index >= 15 is 0 Å². The van der Waals surface area contributed by atoms with Crippen molar-refractivity contribution in [1.29, 1.82) is 0 Å². The number of fused-ring (bicyclic) bond motifs is 1. The van der Waals surface area contributed by atoms with Crippen LogP contribution in [-0.4, -0.2) is 0 Å². The van der Waals surface area contributed by atoms with Crippen molar-refractivity contribution >= 4 is 5.69 Å². The second-order valence-corrected chi connectivity index (χ2v) is 5.85. The van der Waals surface area contributed by atoms with E-state index in [4.69, 9.17) is 4.74 Å². The van der Waals surface area contributed by atoms with Crippen molar-refractivity contribution in [3.8, 4) is 5.75 Å². The third kappa shape index (κ3) is 2.93. The topological polar surface area (TPSA) is 21.3 Å². The van der Waals surface area contributed by atoms with Crippen LogP contribution in [0.3, 0.4) is 0 Å². The van der Waals surface area contributed by atoms with Gasteiger partial charge in [-0.3, -0.25) is 0 Å².